The summed E-state index contributed by atoms with van der Waals surface area (Å²) in [7, 11) is 0. The lowest BCUT2D eigenvalue weighted by molar-refractivity contribution is 0.0796. The van der Waals surface area contributed by atoms with Crippen LogP contribution in [0.2, 0.25) is 0 Å². The molecule has 0 amide bonds. The third-order valence-electron chi connectivity index (χ3n) is 2.86. The van der Waals surface area contributed by atoms with E-state index in [4.69, 9.17) is 0 Å². The number of carbonyl (C=O) groups is 1. The van der Waals surface area contributed by atoms with Crippen molar-refractivity contribution in [3.63, 3.8) is 0 Å². The van der Waals surface area contributed by atoms with Gasteiger partial charge in [-0.15, -0.1) is 0 Å². The number of ketones is 1. The summed E-state index contributed by atoms with van der Waals surface area (Å²) in [5.74, 6) is 0.102. The summed E-state index contributed by atoms with van der Waals surface area (Å²) < 4.78 is 0. The zero-order valence-corrected chi connectivity index (χ0v) is 8.45. The summed E-state index contributed by atoms with van der Waals surface area (Å²) >= 11 is 0. The second-order valence-corrected chi connectivity index (χ2v) is 4.11. The molecular weight excluding hydrogens is 176 g/mol. The van der Waals surface area contributed by atoms with Gasteiger partial charge in [-0.3, -0.25) is 4.79 Å². The van der Waals surface area contributed by atoms with E-state index < -0.39 is 6.10 Å². The third kappa shape index (κ3) is 1.36. The van der Waals surface area contributed by atoms with E-state index in [1.165, 1.54) is 0 Å². The van der Waals surface area contributed by atoms with Crippen molar-refractivity contribution in [2.75, 3.05) is 0 Å². The number of hydrogen-bond donors (Lipinski definition) is 1. The van der Waals surface area contributed by atoms with E-state index in [1.54, 1.807) is 0 Å². The predicted octanol–water partition coefficient (Wildman–Crippen LogP) is 2.25. The smallest absolute Gasteiger partial charge is 0.166 e. The van der Waals surface area contributed by atoms with Crippen molar-refractivity contribution in [2.45, 2.75) is 26.4 Å². The molecule has 0 unspecified atom stereocenters. The Hall–Kier alpha value is -1.15. The van der Waals surface area contributed by atoms with Crippen LogP contribution >= 0.6 is 0 Å². The van der Waals surface area contributed by atoms with Gasteiger partial charge < -0.3 is 5.11 Å². The molecule has 1 N–H and O–H groups in total. The van der Waals surface area contributed by atoms with Crippen LogP contribution in [0.5, 0.6) is 0 Å². The summed E-state index contributed by atoms with van der Waals surface area (Å²) in [5, 5.41) is 9.82. The molecule has 2 atom stereocenters. The molecule has 74 valence electrons. The molecule has 2 rings (SSSR count). The Bertz CT molecular complexity index is 382. The minimum Gasteiger partial charge on any atom is -0.388 e. The molecule has 0 radical (unpaired) electrons. The summed E-state index contributed by atoms with van der Waals surface area (Å²) in [5.41, 5.74) is 2.58. The molecule has 1 aliphatic carbocycles. The molecule has 1 aliphatic rings. The van der Waals surface area contributed by atoms with Crippen molar-refractivity contribution in [3.05, 3.63) is 34.9 Å². The van der Waals surface area contributed by atoms with Gasteiger partial charge in [-0.25, -0.2) is 0 Å². The van der Waals surface area contributed by atoms with Gasteiger partial charge in [0, 0.05) is 11.5 Å². The van der Waals surface area contributed by atoms with E-state index in [1.807, 2.05) is 32.0 Å². The second kappa shape index (κ2) is 3.21. The number of fused-ring (bicyclic) bond motifs is 1. The van der Waals surface area contributed by atoms with Crippen LogP contribution in [-0.4, -0.2) is 10.9 Å². The number of rotatable bonds is 0. The van der Waals surface area contributed by atoms with E-state index in [-0.39, 0.29) is 11.7 Å². The van der Waals surface area contributed by atoms with E-state index >= 15 is 0 Å². The summed E-state index contributed by atoms with van der Waals surface area (Å²) in [6.45, 7) is 3.84. The second-order valence-electron chi connectivity index (χ2n) is 4.11. The molecule has 0 saturated heterocycles. The van der Waals surface area contributed by atoms with Crippen molar-refractivity contribution >= 4 is 5.78 Å². The topological polar surface area (TPSA) is 37.3 Å². The maximum absolute atomic E-state index is 11.8. The van der Waals surface area contributed by atoms with E-state index in [9.17, 15) is 9.90 Å². The first kappa shape index (κ1) is 9.41. The van der Waals surface area contributed by atoms with Gasteiger partial charge in [-0.1, -0.05) is 30.7 Å². The molecule has 2 nitrogen and oxygen atoms in total. The number of aryl methyl sites for hydroxylation is 1. The summed E-state index contributed by atoms with van der Waals surface area (Å²) in [6, 6.07) is 5.65. The normalized spacial score (nSPS) is 26.1. The van der Waals surface area contributed by atoms with Crippen LogP contribution in [0.3, 0.4) is 0 Å². The number of aliphatic hydroxyl groups excluding tert-OH is 1. The van der Waals surface area contributed by atoms with Crippen molar-refractivity contribution in [1.82, 2.24) is 0 Å². The molecule has 0 bridgehead atoms. The Morgan fingerprint density at radius 1 is 1.43 bits per heavy atom. The van der Waals surface area contributed by atoms with Crippen molar-refractivity contribution in [3.8, 4) is 0 Å². The number of hydrogen-bond acceptors (Lipinski definition) is 2. The Balaban J connectivity index is 2.56. The Morgan fingerprint density at radius 3 is 2.86 bits per heavy atom. The zero-order chi connectivity index (χ0) is 10.3. The molecule has 2 heteroatoms. The molecule has 0 aromatic heterocycles. The van der Waals surface area contributed by atoms with Crippen molar-refractivity contribution in [1.29, 1.82) is 0 Å². The van der Waals surface area contributed by atoms with Gasteiger partial charge in [0.2, 0.25) is 0 Å². The molecule has 0 heterocycles. The minimum absolute atomic E-state index is 0.0554. The monoisotopic (exact) mass is 190 g/mol. The van der Waals surface area contributed by atoms with Crippen LogP contribution in [0.1, 0.15) is 40.9 Å². The van der Waals surface area contributed by atoms with Gasteiger partial charge in [0.05, 0.1) is 6.10 Å². The highest BCUT2D eigenvalue weighted by Crippen LogP contribution is 2.33. The third-order valence-corrected chi connectivity index (χ3v) is 2.86. The lowest BCUT2D eigenvalue weighted by Gasteiger charge is -2.25. The van der Waals surface area contributed by atoms with Crippen LogP contribution < -0.4 is 0 Å². The highest BCUT2D eigenvalue weighted by molar-refractivity contribution is 6.00. The molecule has 0 aliphatic heterocycles. The molecule has 0 spiro atoms. The van der Waals surface area contributed by atoms with E-state index in [0.717, 1.165) is 11.1 Å². The zero-order valence-electron chi connectivity index (χ0n) is 8.45. The molecule has 0 fully saturated rings. The first-order valence-corrected chi connectivity index (χ1v) is 4.92. The lowest BCUT2D eigenvalue weighted by Crippen LogP contribution is -2.23. The van der Waals surface area contributed by atoms with Gasteiger partial charge in [0.1, 0.15) is 0 Å². The van der Waals surface area contributed by atoms with Crippen LogP contribution in [-0.2, 0) is 0 Å². The van der Waals surface area contributed by atoms with Crippen molar-refractivity contribution in [2.24, 2.45) is 5.92 Å². The molecular formula is C12H14O2. The first-order chi connectivity index (χ1) is 6.59. The maximum atomic E-state index is 11.8. The summed E-state index contributed by atoms with van der Waals surface area (Å²) in [6.07, 6.45) is 0.0764. The first-order valence-electron chi connectivity index (χ1n) is 4.92. The Labute approximate surface area is 83.6 Å². The van der Waals surface area contributed by atoms with Gasteiger partial charge in [0.25, 0.3) is 0 Å². The number of Topliss-reactive ketones (excluding diaryl/α,β-unsaturated/α-hetero) is 1. The fourth-order valence-electron chi connectivity index (χ4n) is 2.02. The fourth-order valence-corrected chi connectivity index (χ4v) is 2.02. The molecule has 1 aromatic carbocycles. The quantitative estimate of drug-likeness (QED) is 0.681. The maximum Gasteiger partial charge on any atom is 0.166 e. The van der Waals surface area contributed by atoms with Crippen molar-refractivity contribution < 1.29 is 9.90 Å². The average Bonchev–Trinajstić information content (AvgIpc) is 2.14. The summed E-state index contributed by atoms with van der Waals surface area (Å²) in [4.78, 5) is 11.8. The van der Waals surface area contributed by atoms with E-state index in [2.05, 4.69) is 0 Å². The number of aliphatic hydroxyl groups is 1. The number of carbonyl (C=O) groups excluding carboxylic acids is 1. The minimum atomic E-state index is -0.474. The fraction of sp³-hybridized carbons (Fsp3) is 0.417. The lowest BCUT2D eigenvalue weighted by atomic mass is 9.81. The molecule has 0 saturated carbocycles. The molecule has 14 heavy (non-hydrogen) atoms. The number of benzene rings is 1. The molecule has 1 aromatic rings. The van der Waals surface area contributed by atoms with Gasteiger partial charge in [0.15, 0.2) is 5.78 Å². The SMILES string of the molecule is Cc1ccc2c(c1)[C@H](O)C[C@@H](C)C2=O. The van der Waals surface area contributed by atoms with Gasteiger partial charge >= 0.3 is 0 Å². The van der Waals surface area contributed by atoms with E-state index in [0.29, 0.717) is 12.0 Å². The van der Waals surface area contributed by atoms with Crippen LogP contribution in [0, 0.1) is 12.8 Å². The highest BCUT2D eigenvalue weighted by Gasteiger charge is 2.29. The van der Waals surface area contributed by atoms with Crippen LogP contribution in [0.15, 0.2) is 18.2 Å². The van der Waals surface area contributed by atoms with Crippen LogP contribution in [0.4, 0.5) is 0 Å². The average molecular weight is 190 g/mol. The predicted molar refractivity (Wildman–Crippen MR) is 54.3 cm³/mol. The Morgan fingerprint density at radius 2 is 2.14 bits per heavy atom. The highest BCUT2D eigenvalue weighted by atomic mass is 16.3. The largest absolute Gasteiger partial charge is 0.388 e. The van der Waals surface area contributed by atoms with Gasteiger partial charge in [-0.2, -0.15) is 0 Å². The standard InChI is InChI=1S/C12H14O2/c1-7-3-4-9-10(5-7)11(13)6-8(2)12(9)14/h3-5,8,11,13H,6H2,1-2H3/t8-,11-/m1/s1. The Kier molecular flexibility index (Phi) is 2.16. The van der Waals surface area contributed by atoms with Crippen LogP contribution in [0.25, 0.3) is 0 Å². The van der Waals surface area contributed by atoms with Gasteiger partial charge in [-0.05, 0) is 18.9 Å².